The minimum absolute atomic E-state index is 0.0458. The molecule has 118 valence electrons. The molecule has 0 spiro atoms. The van der Waals surface area contributed by atoms with E-state index in [2.05, 4.69) is 5.32 Å². The van der Waals surface area contributed by atoms with Crippen molar-refractivity contribution in [1.29, 1.82) is 0 Å². The van der Waals surface area contributed by atoms with E-state index in [1.165, 1.54) is 12.3 Å². The second kappa shape index (κ2) is 6.59. The number of hydrogen-bond acceptors (Lipinski definition) is 4. The summed E-state index contributed by atoms with van der Waals surface area (Å²) in [5, 5.41) is 7.93. The first kappa shape index (κ1) is 16.0. The number of carbonyl (C=O) groups is 1. The van der Waals surface area contributed by atoms with Crippen LogP contribution in [0.15, 0.2) is 17.2 Å². The van der Waals surface area contributed by atoms with Crippen molar-refractivity contribution < 1.29 is 17.9 Å². The zero-order valence-corrected chi connectivity index (χ0v) is 12.9. The molecule has 21 heavy (non-hydrogen) atoms. The highest BCUT2D eigenvalue weighted by atomic mass is 32.2. The fourth-order valence-electron chi connectivity index (χ4n) is 2.39. The molecular weight excluding hydrogens is 294 g/mol. The van der Waals surface area contributed by atoms with Gasteiger partial charge < -0.3 is 14.6 Å². The number of nitrogens with one attached hydrogen (secondary N) is 1. The lowest BCUT2D eigenvalue weighted by Gasteiger charge is -2.22. The highest BCUT2D eigenvalue weighted by Gasteiger charge is 2.20. The molecule has 1 atom stereocenters. The zero-order chi connectivity index (χ0) is 15.5. The number of aromatic nitrogens is 1. The molecule has 0 aromatic carbocycles. The van der Waals surface area contributed by atoms with E-state index in [4.69, 9.17) is 9.88 Å². The molecule has 1 unspecified atom stereocenters. The minimum Gasteiger partial charge on any atom is -0.381 e. The monoisotopic (exact) mass is 315 g/mol. The van der Waals surface area contributed by atoms with Crippen molar-refractivity contribution in [1.82, 2.24) is 9.88 Å². The third-order valence-corrected chi connectivity index (χ3v) is 4.46. The Labute approximate surface area is 124 Å². The zero-order valence-electron chi connectivity index (χ0n) is 12.0. The SMILES string of the molecule is CCn1cc(S(N)(=O)=O)cc1C(=O)NCC1CCCOC1. The van der Waals surface area contributed by atoms with E-state index in [0.29, 0.717) is 31.3 Å². The molecular formula is C13H21N3O4S. The highest BCUT2D eigenvalue weighted by molar-refractivity contribution is 7.89. The van der Waals surface area contributed by atoms with Crippen LogP contribution in [0.4, 0.5) is 0 Å². The maximum absolute atomic E-state index is 12.2. The van der Waals surface area contributed by atoms with Gasteiger partial charge in [0.05, 0.1) is 6.61 Å². The van der Waals surface area contributed by atoms with Gasteiger partial charge in [0.15, 0.2) is 0 Å². The summed E-state index contributed by atoms with van der Waals surface area (Å²) in [7, 11) is -3.80. The van der Waals surface area contributed by atoms with Crippen LogP contribution in [0.3, 0.4) is 0 Å². The van der Waals surface area contributed by atoms with E-state index in [1.807, 2.05) is 6.92 Å². The fraction of sp³-hybridized carbons (Fsp3) is 0.615. The summed E-state index contributed by atoms with van der Waals surface area (Å²) < 4.78 is 29.7. The summed E-state index contributed by atoms with van der Waals surface area (Å²) >= 11 is 0. The van der Waals surface area contributed by atoms with E-state index in [9.17, 15) is 13.2 Å². The maximum Gasteiger partial charge on any atom is 0.267 e. The Hall–Kier alpha value is -1.38. The van der Waals surface area contributed by atoms with E-state index < -0.39 is 10.0 Å². The summed E-state index contributed by atoms with van der Waals surface area (Å²) in [6.45, 7) is 4.28. The van der Waals surface area contributed by atoms with Crippen molar-refractivity contribution in [3.63, 3.8) is 0 Å². The molecule has 1 amide bonds. The van der Waals surface area contributed by atoms with E-state index in [-0.39, 0.29) is 10.8 Å². The van der Waals surface area contributed by atoms with Crippen molar-refractivity contribution >= 4 is 15.9 Å². The average Bonchev–Trinajstić information content (AvgIpc) is 2.90. The van der Waals surface area contributed by atoms with Gasteiger partial charge in [-0.05, 0) is 31.7 Å². The number of hydrogen-bond donors (Lipinski definition) is 2. The maximum atomic E-state index is 12.2. The molecule has 1 aliphatic heterocycles. The topological polar surface area (TPSA) is 103 Å². The first-order valence-electron chi connectivity index (χ1n) is 7.00. The Morgan fingerprint density at radius 1 is 1.57 bits per heavy atom. The molecule has 3 N–H and O–H groups in total. The van der Waals surface area contributed by atoms with Crippen molar-refractivity contribution in [2.45, 2.75) is 31.2 Å². The fourth-order valence-corrected chi connectivity index (χ4v) is 2.94. The first-order chi connectivity index (χ1) is 9.91. The third kappa shape index (κ3) is 4.05. The van der Waals surface area contributed by atoms with E-state index >= 15 is 0 Å². The summed E-state index contributed by atoms with van der Waals surface area (Å²) in [6, 6.07) is 1.31. The summed E-state index contributed by atoms with van der Waals surface area (Å²) in [5.74, 6) is 0.0165. The first-order valence-corrected chi connectivity index (χ1v) is 8.55. The number of aryl methyl sites for hydroxylation is 1. The Morgan fingerprint density at radius 2 is 2.33 bits per heavy atom. The Morgan fingerprint density at radius 3 is 2.90 bits per heavy atom. The number of sulfonamides is 1. The molecule has 1 saturated heterocycles. The van der Waals surface area contributed by atoms with Crippen molar-refractivity contribution in [3.05, 3.63) is 18.0 Å². The van der Waals surface area contributed by atoms with Gasteiger partial charge in [0, 0.05) is 25.9 Å². The van der Waals surface area contributed by atoms with Gasteiger partial charge in [0.25, 0.3) is 5.91 Å². The molecule has 7 nitrogen and oxygen atoms in total. The van der Waals surface area contributed by atoms with Crippen LogP contribution >= 0.6 is 0 Å². The van der Waals surface area contributed by atoms with Gasteiger partial charge >= 0.3 is 0 Å². The summed E-state index contributed by atoms with van der Waals surface area (Å²) in [6.07, 6.45) is 3.41. The second-order valence-electron chi connectivity index (χ2n) is 5.19. The number of rotatable bonds is 5. The lowest BCUT2D eigenvalue weighted by Crippen LogP contribution is -2.34. The lowest BCUT2D eigenvalue weighted by atomic mass is 10.0. The number of amides is 1. The minimum atomic E-state index is -3.80. The second-order valence-corrected chi connectivity index (χ2v) is 6.75. The molecule has 1 aliphatic rings. The van der Waals surface area contributed by atoms with Crippen LogP contribution in [0, 0.1) is 5.92 Å². The molecule has 0 aliphatic carbocycles. The van der Waals surface area contributed by atoms with Gasteiger partial charge in [0.2, 0.25) is 10.0 Å². The number of nitrogens with two attached hydrogens (primary N) is 1. The van der Waals surface area contributed by atoms with Crippen LogP contribution in [0.25, 0.3) is 0 Å². The molecule has 0 bridgehead atoms. The van der Waals surface area contributed by atoms with Gasteiger partial charge in [0.1, 0.15) is 10.6 Å². The smallest absolute Gasteiger partial charge is 0.267 e. The number of carbonyl (C=O) groups excluding carboxylic acids is 1. The van der Waals surface area contributed by atoms with Crippen LogP contribution in [0.1, 0.15) is 30.3 Å². The van der Waals surface area contributed by atoms with Gasteiger partial charge in [-0.2, -0.15) is 0 Å². The van der Waals surface area contributed by atoms with E-state index in [0.717, 1.165) is 19.4 Å². The van der Waals surface area contributed by atoms with Gasteiger partial charge in [-0.15, -0.1) is 0 Å². The largest absolute Gasteiger partial charge is 0.381 e. The van der Waals surface area contributed by atoms with Gasteiger partial charge in [-0.1, -0.05) is 0 Å². The van der Waals surface area contributed by atoms with E-state index in [1.54, 1.807) is 4.57 Å². The molecule has 1 aromatic heterocycles. The normalized spacial score (nSPS) is 19.4. The molecule has 0 saturated carbocycles. The molecule has 2 heterocycles. The van der Waals surface area contributed by atoms with Gasteiger partial charge in [-0.3, -0.25) is 4.79 Å². The molecule has 1 aromatic rings. The van der Waals surface area contributed by atoms with Crippen molar-refractivity contribution in [3.8, 4) is 0 Å². The van der Waals surface area contributed by atoms with Crippen LogP contribution < -0.4 is 10.5 Å². The van der Waals surface area contributed by atoms with Crippen LogP contribution in [-0.2, 0) is 21.3 Å². The Bertz CT molecular complexity index is 603. The van der Waals surface area contributed by atoms with Crippen molar-refractivity contribution in [2.24, 2.45) is 11.1 Å². The summed E-state index contributed by atoms with van der Waals surface area (Å²) in [4.78, 5) is 12.2. The molecule has 0 radical (unpaired) electrons. The lowest BCUT2D eigenvalue weighted by molar-refractivity contribution is 0.0535. The highest BCUT2D eigenvalue weighted by Crippen LogP contribution is 2.15. The summed E-state index contributed by atoms with van der Waals surface area (Å²) in [5.41, 5.74) is 0.304. The Balaban J connectivity index is 2.05. The number of nitrogens with zero attached hydrogens (tertiary/aromatic N) is 1. The van der Waals surface area contributed by atoms with Gasteiger partial charge in [-0.25, -0.2) is 13.6 Å². The third-order valence-electron chi connectivity index (χ3n) is 3.58. The predicted octanol–water partition coefficient (Wildman–Crippen LogP) is 0.312. The predicted molar refractivity (Wildman–Crippen MR) is 77.4 cm³/mol. The molecule has 8 heteroatoms. The molecule has 2 rings (SSSR count). The van der Waals surface area contributed by atoms with Crippen LogP contribution in [0.2, 0.25) is 0 Å². The standard InChI is InChI=1S/C13H21N3O4S/c1-2-16-8-11(21(14,18)19)6-12(16)13(17)15-7-10-4-3-5-20-9-10/h6,8,10H,2-5,7,9H2,1H3,(H,15,17)(H2,14,18,19). The Kier molecular flexibility index (Phi) is 5.02. The average molecular weight is 315 g/mol. The number of ether oxygens (including phenoxy) is 1. The quantitative estimate of drug-likeness (QED) is 0.816. The van der Waals surface area contributed by atoms with Crippen LogP contribution in [-0.4, -0.2) is 38.7 Å². The van der Waals surface area contributed by atoms with Crippen molar-refractivity contribution in [2.75, 3.05) is 19.8 Å². The van der Waals surface area contributed by atoms with Crippen LogP contribution in [0.5, 0.6) is 0 Å². The molecule has 1 fully saturated rings. The number of primary sulfonamides is 1.